The van der Waals surface area contributed by atoms with Crippen LogP contribution in [0.1, 0.15) is 64.9 Å². The molecule has 2 aliphatic heterocycles. The molecule has 1 fully saturated rings. The molecule has 4 rings (SSSR count). The molecule has 1 saturated heterocycles. The van der Waals surface area contributed by atoms with Gasteiger partial charge in [-0.05, 0) is 62.0 Å². The molecule has 2 amide bonds. The maximum atomic E-state index is 13.4. The largest absolute Gasteiger partial charge is 0.355 e. The lowest BCUT2D eigenvalue weighted by molar-refractivity contribution is -0.124. The summed E-state index contributed by atoms with van der Waals surface area (Å²) in [6, 6.07) is 11.3. The van der Waals surface area contributed by atoms with Gasteiger partial charge in [0.2, 0.25) is 5.91 Å². The van der Waals surface area contributed by atoms with Crippen LogP contribution in [0.5, 0.6) is 0 Å². The van der Waals surface area contributed by atoms with Crippen molar-refractivity contribution in [2.75, 3.05) is 33.2 Å². The highest BCUT2D eigenvalue weighted by Gasteiger charge is 2.42. The lowest BCUT2D eigenvalue weighted by atomic mass is 9.81. The van der Waals surface area contributed by atoms with Gasteiger partial charge in [-0.2, -0.15) is 0 Å². The van der Waals surface area contributed by atoms with E-state index in [1.165, 1.54) is 38.8 Å². The third-order valence-electron chi connectivity index (χ3n) is 6.35. The van der Waals surface area contributed by atoms with Crippen molar-refractivity contribution in [2.24, 2.45) is 0 Å². The van der Waals surface area contributed by atoms with E-state index in [1.807, 2.05) is 48.8 Å². The van der Waals surface area contributed by atoms with Crippen LogP contribution in [0.2, 0.25) is 0 Å². The molecule has 0 saturated carbocycles. The summed E-state index contributed by atoms with van der Waals surface area (Å²) in [6.07, 6.45) is 6.20. The zero-order valence-corrected chi connectivity index (χ0v) is 18.5. The number of carbonyl (C=O) groups is 2. The molecule has 160 valence electrons. The first kappa shape index (κ1) is 21.1. The zero-order chi connectivity index (χ0) is 20.9. The number of benzene rings is 1. The summed E-state index contributed by atoms with van der Waals surface area (Å²) < 4.78 is 0. The van der Waals surface area contributed by atoms with Gasteiger partial charge in [0.1, 0.15) is 0 Å². The average Bonchev–Trinajstić information content (AvgIpc) is 3.16. The van der Waals surface area contributed by atoms with Gasteiger partial charge in [0.05, 0.1) is 12.0 Å². The van der Waals surface area contributed by atoms with Crippen LogP contribution in [0.3, 0.4) is 0 Å². The van der Waals surface area contributed by atoms with E-state index in [4.69, 9.17) is 0 Å². The van der Waals surface area contributed by atoms with Gasteiger partial charge in [-0.3, -0.25) is 9.59 Å². The van der Waals surface area contributed by atoms with E-state index < -0.39 is 0 Å². The van der Waals surface area contributed by atoms with Crippen LogP contribution in [-0.4, -0.2) is 54.8 Å². The molecule has 2 aliphatic rings. The summed E-state index contributed by atoms with van der Waals surface area (Å²) in [7, 11) is 1.81. The first-order chi connectivity index (χ1) is 14.7. The predicted octanol–water partition coefficient (Wildman–Crippen LogP) is 4.04. The maximum absolute atomic E-state index is 13.4. The molecule has 0 radical (unpaired) electrons. The molecule has 1 aromatic carbocycles. The van der Waals surface area contributed by atoms with Gasteiger partial charge in [0.25, 0.3) is 5.91 Å². The molecule has 5 nitrogen and oxygen atoms in total. The van der Waals surface area contributed by atoms with Crippen LogP contribution in [0, 0.1) is 0 Å². The first-order valence-corrected chi connectivity index (χ1v) is 11.9. The molecular formula is C24H31N3O2S. The minimum atomic E-state index is -0.388. The number of rotatable bonds is 6. The SMILES string of the molecule is CN1C(=O)c2ccccc2[C@H](C(=O)NCCCN2CCCCCC2)[C@H]1c1cccs1. The number of likely N-dealkylation sites (N-methyl/N-ethyl adjacent to an activating group) is 1. The second-order valence-electron chi connectivity index (χ2n) is 8.34. The number of nitrogens with zero attached hydrogens (tertiary/aromatic N) is 2. The summed E-state index contributed by atoms with van der Waals surface area (Å²) in [5.74, 6) is -0.397. The van der Waals surface area contributed by atoms with E-state index in [1.54, 1.807) is 16.2 Å². The Kier molecular flexibility index (Phi) is 6.85. The van der Waals surface area contributed by atoms with Crippen LogP contribution in [0.4, 0.5) is 0 Å². The molecule has 6 heteroatoms. The summed E-state index contributed by atoms with van der Waals surface area (Å²) in [5, 5.41) is 5.18. The molecule has 0 bridgehead atoms. The lowest BCUT2D eigenvalue weighted by Gasteiger charge is -2.39. The number of hydrogen-bond acceptors (Lipinski definition) is 4. The number of likely N-dealkylation sites (tertiary alicyclic amines) is 1. The summed E-state index contributed by atoms with van der Waals surface area (Å²) >= 11 is 1.60. The number of hydrogen-bond donors (Lipinski definition) is 1. The van der Waals surface area contributed by atoms with E-state index in [-0.39, 0.29) is 23.8 Å². The van der Waals surface area contributed by atoms with Crippen LogP contribution < -0.4 is 5.32 Å². The molecule has 30 heavy (non-hydrogen) atoms. The molecule has 2 aromatic rings. The van der Waals surface area contributed by atoms with Crippen molar-refractivity contribution in [1.29, 1.82) is 0 Å². The van der Waals surface area contributed by atoms with Gasteiger partial charge in [-0.15, -0.1) is 11.3 Å². The van der Waals surface area contributed by atoms with Gasteiger partial charge in [0.15, 0.2) is 0 Å². The van der Waals surface area contributed by atoms with Gasteiger partial charge in [-0.1, -0.05) is 37.1 Å². The third-order valence-corrected chi connectivity index (χ3v) is 7.29. The summed E-state index contributed by atoms with van der Waals surface area (Å²) in [5.41, 5.74) is 1.47. The molecule has 0 aliphatic carbocycles. The Hall–Kier alpha value is -2.18. The Balaban J connectivity index is 1.47. The molecular weight excluding hydrogens is 394 g/mol. The minimum absolute atomic E-state index is 0.0102. The Morgan fingerprint density at radius 2 is 1.87 bits per heavy atom. The minimum Gasteiger partial charge on any atom is -0.355 e. The van der Waals surface area contributed by atoms with E-state index in [9.17, 15) is 9.59 Å². The van der Waals surface area contributed by atoms with Crippen molar-refractivity contribution in [3.8, 4) is 0 Å². The van der Waals surface area contributed by atoms with E-state index in [0.717, 1.165) is 23.4 Å². The highest BCUT2D eigenvalue weighted by Crippen LogP contribution is 2.43. The Labute approximate surface area is 183 Å². The summed E-state index contributed by atoms with van der Waals surface area (Å²) in [6.45, 7) is 4.06. The molecule has 2 atom stereocenters. The molecule has 3 heterocycles. The topological polar surface area (TPSA) is 52.7 Å². The molecule has 0 unspecified atom stereocenters. The number of nitrogens with one attached hydrogen (secondary N) is 1. The second-order valence-corrected chi connectivity index (χ2v) is 9.32. The second kappa shape index (κ2) is 9.75. The van der Waals surface area contributed by atoms with Crippen LogP contribution >= 0.6 is 11.3 Å². The van der Waals surface area contributed by atoms with Crippen molar-refractivity contribution in [1.82, 2.24) is 15.1 Å². The monoisotopic (exact) mass is 425 g/mol. The number of fused-ring (bicyclic) bond motifs is 1. The van der Waals surface area contributed by atoms with Crippen molar-refractivity contribution in [2.45, 2.75) is 44.1 Å². The van der Waals surface area contributed by atoms with Crippen LogP contribution in [-0.2, 0) is 4.79 Å². The van der Waals surface area contributed by atoms with Crippen molar-refractivity contribution in [3.63, 3.8) is 0 Å². The third kappa shape index (κ3) is 4.44. The number of carbonyl (C=O) groups excluding carboxylic acids is 2. The van der Waals surface area contributed by atoms with Crippen molar-refractivity contribution in [3.05, 3.63) is 57.8 Å². The van der Waals surface area contributed by atoms with E-state index in [0.29, 0.717) is 12.1 Å². The van der Waals surface area contributed by atoms with Gasteiger partial charge in [-0.25, -0.2) is 0 Å². The Morgan fingerprint density at radius 1 is 1.10 bits per heavy atom. The molecule has 0 spiro atoms. The predicted molar refractivity (Wildman–Crippen MR) is 121 cm³/mol. The fourth-order valence-corrected chi connectivity index (χ4v) is 5.66. The fourth-order valence-electron chi connectivity index (χ4n) is 4.76. The molecule has 1 aromatic heterocycles. The van der Waals surface area contributed by atoms with Gasteiger partial charge in [0, 0.05) is 24.0 Å². The highest BCUT2D eigenvalue weighted by atomic mass is 32.1. The molecule has 1 N–H and O–H groups in total. The quantitative estimate of drug-likeness (QED) is 0.711. The number of thiophene rings is 1. The standard InChI is InChI=1S/C24H31N3O2S/c1-26-22(20-12-8-17-30-20)21(18-10-4-5-11-19(18)24(26)29)23(28)25-13-9-16-27-14-6-2-3-7-15-27/h4-5,8,10-12,17,21-22H,2-3,6-7,9,13-16H2,1H3,(H,25,28)/t21-,22+/m0/s1. The first-order valence-electron chi connectivity index (χ1n) is 11.1. The van der Waals surface area contributed by atoms with Crippen LogP contribution in [0.25, 0.3) is 0 Å². The van der Waals surface area contributed by atoms with Crippen LogP contribution in [0.15, 0.2) is 41.8 Å². The highest BCUT2D eigenvalue weighted by molar-refractivity contribution is 7.10. The smallest absolute Gasteiger partial charge is 0.254 e. The lowest BCUT2D eigenvalue weighted by Crippen LogP contribution is -2.45. The van der Waals surface area contributed by atoms with Gasteiger partial charge < -0.3 is 15.1 Å². The van der Waals surface area contributed by atoms with Crippen molar-refractivity contribution >= 4 is 23.2 Å². The maximum Gasteiger partial charge on any atom is 0.254 e. The zero-order valence-electron chi connectivity index (χ0n) is 17.7. The van der Waals surface area contributed by atoms with E-state index in [2.05, 4.69) is 10.2 Å². The van der Waals surface area contributed by atoms with Crippen molar-refractivity contribution < 1.29 is 9.59 Å². The number of amides is 2. The van der Waals surface area contributed by atoms with E-state index >= 15 is 0 Å². The average molecular weight is 426 g/mol. The summed E-state index contributed by atoms with van der Waals surface area (Å²) in [4.78, 5) is 31.6. The normalized spacial score (nSPS) is 22.4. The Bertz CT molecular complexity index is 859. The Morgan fingerprint density at radius 3 is 2.60 bits per heavy atom. The van der Waals surface area contributed by atoms with Gasteiger partial charge >= 0.3 is 0 Å². The fraction of sp³-hybridized carbons (Fsp3) is 0.500.